The molecule has 2 fully saturated rings. The van der Waals surface area contributed by atoms with E-state index in [0.29, 0.717) is 24.5 Å². The largest absolute Gasteiger partial charge is 0.443 e. The van der Waals surface area contributed by atoms with E-state index in [9.17, 15) is 14.0 Å². The van der Waals surface area contributed by atoms with E-state index in [4.69, 9.17) is 4.74 Å². The molecule has 0 saturated carbocycles. The molecule has 0 bridgehead atoms. The van der Waals surface area contributed by atoms with Crippen LogP contribution in [0.15, 0.2) is 36.5 Å². The number of rotatable bonds is 5. The van der Waals surface area contributed by atoms with Gasteiger partial charge in [-0.25, -0.2) is 14.2 Å². The number of hydrogen-bond donors (Lipinski definition) is 2. The number of amides is 2. The molecule has 29 heavy (non-hydrogen) atoms. The molecule has 4 rings (SSSR count). The number of hydrazine groups is 1. The number of aromatic nitrogens is 2. The summed E-state index contributed by atoms with van der Waals surface area (Å²) in [5, 5.41) is 4.15. The molecule has 3 atom stereocenters. The Morgan fingerprint density at radius 2 is 2.17 bits per heavy atom. The van der Waals surface area contributed by atoms with Gasteiger partial charge < -0.3 is 15.0 Å². The normalized spacial score (nSPS) is 24.5. The van der Waals surface area contributed by atoms with Crippen molar-refractivity contribution in [2.24, 2.45) is 0 Å². The molecule has 2 aliphatic rings. The number of anilines is 1. The van der Waals surface area contributed by atoms with Crippen molar-refractivity contribution in [2.75, 3.05) is 31.1 Å². The van der Waals surface area contributed by atoms with Crippen molar-refractivity contribution in [1.82, 2.24) is 24.5 Å². The Kier molecular flexibility index (Phi) is 5.33. The summed E-state index contributed by atoms with van der Waals surface area (Å²) < 4.78 is 28.0. The van der Waals surface area contributed by atoms with Crippen molar-refractivity contribution in [3.63, 3.8) is 0 Å². The first-order valence-electron chi connectivity index (χ1n) is 9.23. The van der Waals surface area contributed by atoms with Crippen molar-refractivity contribution < 1.29 is 18.7 Å². The van der Waals surface area contributed by atoms with Crippen LogP contribution in [0.5, 0.6) is 0 Å². The van der Waals surface area contributed by atoms with Crippen LogP contribution in [0.1, 0.15) is 12.5 Å². The Labute approximate surface area is 171 Å². The van der Waals surface area contributed by atoms with Crippen molar-refractivity contribution in [3.05, 3.63) is 42.1 Å². The zero-order chi connectivity index (χ0) is 20.4. The lowest BCUT2D eigenvalue weighted by molar-refractivity contribution is -0.135. The lowest BCUT2D eigenvalue weighted by Crippen LogP contribution is -2.61. The van der Waals surface area contributed by atoms with E-state index in [0.717, 1.165) is 11.7 Å². The molecule has 2 aliphatic heterocycles. The molecule has 2 N–H and O–H groups in total. The van der Waals surface area contributed by atoms with Crippen LogP contribution >= 0.6 is 11.7 Å². The molecule has 0 spiro atoms. The fraction of sp³-hybridized carbons (Fsp3) is 0.444. The lowest BCUT2D eigenvalue weighted by Gasteiger charge is -2.40. The summed E-state index contributed by atoms with van der Waals surface area (Å²) in [7, 11) is 0. The number of hydrogen-bond acceptors (Lipinski definition) is 8. The van der Waals surface area contributed by atoms with Gasteiger partial charge in [0.2, 0.25) is 5.91 Å². The minimum absolute atomic E-state index is 0.0170. The molecule has 154 valence electrons. The topological polar surface area (TPSA) is 99.7 Å². The number of carbonyl (C=O) groups is 2. The number of alkyl halides is 1. The van der Waals surface area contributed by atoms with E-state index in [1.165, 1.54) is 11.1 Å². The van der Waals surface area contributed by atoms with Crippen LogP contribution in [0.2, 0.25) is 0 Å². The number of carbonyl (C=O) groups excluding carboxylic acids is 2. The van der Waals surface area contributed by atoms with E-state index < -0.39 is 23.9 Å². The van der Waals surface area contributed by atoms with E-state index >= 15 is 0 Å². The second-order valence-electron chi connectivity index (χ2n) is 7.12. The van der Waals surface area contributed by atoms with Gasteiger partial charge in [-0.05, 0) is 12.5 Å². The number of cyclic esters (lactones) is 1. The van der Waals surface area contributed by atoms with Crippen molar-refractivity contribution in [2.45, 2.75) is 24.7 Å². The maximum atomic E-state index is 14.7. The van der Waals surface area contributed by atoms with Gasteiger partial charge in [0.25, 0.3) is 0 Å². The molecule has 1 aromatic carbocycles. The number of alkyl carbamates (subject to hydrolysis) is 1. The maximum absolute atomic E-state index is 14.7. The van der Waals surface area contributed by atoms with Crippen LogP contribution in [0.4, 0.5) is 15.0 Å². The smallest absolute Gasteiger partial charge is 0.407 e. The van der Waals surface area contributed by atoms with Crippen molar-refractivity contribution >= 4 is 29.5 Å². The molecule has 1 aromatic heterocycles. The molecular formula is C18H21FN6O3S. The molecule has 2 amide bonds. The van der Waals surface area contributed by atoms with Crippen LogP contribution in [-0.4, -0.2) is 64.3 Å². The highest BCUT2D eigenvalue weighted by atomic mass is 32.1. The minimum atomic E-state index is -1.33. The highest BCUT2D eigenvalue weighted by Crippen LogP contribution is 2.32. The predicted molar refractivity (Wildman–Crippen MR) is 104 cm³/mol. The summed E-state index contributed by atoms with van der Waals surface area (Å²) in [5.41, 5.74) is 2.40. The fourth-order valence-corrected chi connectivity index (χ4v) is 4.03. The Morgan fingerprint density at radius 3 is 2.79 bits per heavy atom. The zero-order valence-electron chi connectivity index (χ0n) is 15.7. The number of nitrogens with one attached hydrogen (secondary N) is 2. The highest BCUT2D eigenvalue weighted by molar-refractivity contribution is 6.99. The number of halogens is 1. The Hall–Kier alpha value is -2.79. The van der Waals surface area contributed by atoms with Gasteiger partial charge in [0, 0.05) is 13.1 Å². The van der Waals surface area contributed by atoms with Gasteiger partial charge in [0.1, 0.15) is 11.5 Å². The maximum Gasteiger partial charge on any atom is 0.407 e. The number of nitrogens with zero attached hydrogens (tertiary/aromatic N) is 4. The van der Waals surface area contributed by atoms with Gasteiger partial charge in [0.05, 0.1) is 31.0 Å². The summed E-state index contributed by atoms with van der Waals surface area (Å²) in [6.45, 7) is 2.70. The standard InChI is InChI=1S/C18H21FN6O3S/c1-18(12-5-3-2-4-6-12,13-9-20-17(27)28-13)16(26)22-24-7-8-25(14(19)11-24)15-10-21-29-23-15/h2-6,10,13-14H,7-9,11H2,1H3,(H,20,27)(H,22,26). The second kappa shape index (κ2) is 7.91. The lowest BCUT2D eigenvalue weighted by atomic mass is 9.76. The minimum Gasteiger partial charge on any atom is -0.443 e. The molecule has 2 aromatic rings. The average molecular weight is 420 g/mol. The quantitative estimate of drug-likeness (QED) is 0.698. The van der Waals surface area contributed by atoms with Crippen LogP contribution in [0.25, 0.3) is 0 Å². The summed E-state index contributed by atoms with van der Waals surface area (Å²) in [5.74, 6) is 0.132. The average Bonchev–Trinajstić information content (AvgIpc) is 3.40. The van der Waals surface area contributed by atoms with Crippen molar-refractivity contribution in [1.29, 1.82) is 0 Å². The van der Waals surface area contributed by atoms with E-state index in [-0.39, 0.29) is 19.0 Å². The first-order chi connectivity index (χ1) is 14.0. The third kappa shape index (κ3) is 3.75. The monoisotopic (exact) mass is 420 g/mol. The molecule has 2 saturated heterocycles. The van der Waals surface area contributed by atoms with Crippen LogP contribution in [-0.2, 0) is 14.9 Å². The van der Waals surface area contributed by atoms with Crippen LogP contribution in [0.3, 0.4) is 0 Å². The van der Waals surface area contributed by atoms with Gasteiger partial charge in [-0.3, -0.25) is 10.2 Å². The zero-order valence-corrected chi connectivity index (χ0v) is 16.6. The highest BCUT2D eigenvalue weighted by Gasteiger charge is 2.48. The summed E-state index contributed by atoms with van der Waals surface area (Å²) >= 11 is 1.02. The second-order valence-corrected chi connectivity index (χ2v) is 7.68. The molecule has 0 aliphatic carbocycles. The Balaban J connectivity index is 1.49. The molecule has 3 heterocycles. The predicted octanol–water partition coefficient (Wildman–Crippen LogP) is 1.05. The summed E-state index contributed by atoms with van der Waals surface area (Å²) in [4.78, 5) is 26.4. The molecule has 0 radical (unpaired) electrons. The van der Waals surface area contributed by atoms with Crippen LogP contribution in [0, 0.1) is 0 Å². The summed E-state index contributed by atoms with van der Waals surface area (Å²) in [6, 6.07) is 9.13. The Bertz CT molecular complexity index is 870. The molecule has 9 nitrogen and oxygen atoms in total. The van der Waals surface area contributed by atoms with E-state index in [1.54, 1.807) is 11.9 Å². The molecule has 3 unspecified atom stereocenters. The number of benzene rings is 1. The van der Waals surface area contributed by atoms with Crippen LogP contribution < -0.4 is 15.6 Å². The van der Waals surface area contributed by atoms with E-state index in [1.807, 2.05) is 30.3 Å². The third-order valence-electron chi connectivity index (χ3n) is 5.39. The van der Waals surface area contributed by atoms with Gasteiger partial charge >= 0.3 is 6.09 Å². The number of piperazine rings is 1. The van der Waals surface area contributed by atoms with Gasteiger partial charge in [-0.1, -0.05) is 30.3 Å². The van der Waals surface area contributed by atoms with Gasteiger partial charge in [-0.15, -0.1) is 0 Å². The Morgan fingerprint density at radius 1 is 1.38 bits per heavy atom. The molecule has 11 heteroatoms. The van der Waals surface area contributed by atoms with E-state index in [2.05, 4.69) is 19.5 Å². The number of ether oxygens (including phenoxy) is 1. The molecular weight excluding hydrogens is 399 g/mol. The first-order valence-corrected chi connectivity index (χ1v) is 9.96. The summed E-state index contributed by atoms with van der Waals surface area (Å²) in [6.07, 6.45) is -1.04. The SMILES string of the molecule is CC(C(=O)NN1CCN(c2cnsn2)C(F)C1)(c1ccccc1)C1CNC(=O)O1. The fourth-order valence-electron chi connectivity index (χ4n) is 3.60. The van der Waals surface area contributed by atoms with Gasteiger partial charge in [-0.2, -0.15) is 8.75 Å². The van der Waals surface area contributed by atoms with Crippen molar-refractivity contribution in [3.8, 4) is 0 Å². The third-order valence-corrected chi connectivity index (χ3v) is 5.86. The first kappa shape index (κ1) is 19.5. The van der Waals surface area contributed by atoms with Gasteiger partial charge in [0.15, 0.2) is 12.1 Å².